The fourth-order valence-corrected chi connectivity index (χ4v) is 3.55. The van der Waals surface area contributed by atoms with Crippen molar-refractivity contribution in [1.29, 1.82) is 0 Å². The van der Waals surface area contributed by atoms with E-state index >= 15 is 0 Å². The number of amides is 2. The Bertz CT molecular complexity index is 950. The highest BCUT2D eigenvalue weighted by Gasteiger charge is 2.34. The van der Waals surface area contributed by atoms with E-state index in [9.17, 15) is 19.2 Å². The van der Waals surface area contributed by atoms with Crippen molar-refractivity contribution in [3.8, 4) is 0 Å². The Morgan fingerprint density at radius 2 is 1.90 bits per heavy atom. The van der Waals surface area contributed by atoms with Crippen molar-refractivity contribution in [2.24, 2.45) is 0 Å². The molecule has 1 aromatic heterocycles. The van der Waals surface area contributed by atoms with E-state index in [2.05, 4.69) is 10.6 Å². The molecule has 3 rings (SSSR count). The maximum absolute atomic E-state index is 12.6. The molecule has 0 spiro atoms. The van der Waals surface area contributed by atoms with Gasteiger partial charge >= 0.3 is 18.0 Å². The Morgan fingerprint density at radius 1 is 1.14 bits per heavy atom. The Hall–Kier alpha value is -3.46. The largest absolute Gasteiger partial charge is 0.463 e. The maximum atomic E-state index is 12.6. The monoisotopic (exact) mass is 414 g/mol. The quantitative estimate of drug-likeness (QED) is 0.532. The van der Waals surface area contributed by atoms with Crippen molar-refractivity contribution in [2.75, 3.05) is 13.2 Å². The van der Waals surface area contributed by atoms with Crippen LogP contribution in [-0.2, 0) is 14.3 Å². The average Bonchev–Trinajstić information content (AvgIpc) is 3.26. The van der Waals surface area contributed by atoms with Crippen LogP contribution in [0.5, 0.6) is 0 Å². The van der Waals surface area contributed by atoms with Crippen molar-refractivity contribution in [1.82, 2.24) is 10.6 Å². The maximum Gasteiger partial charge on any atom is 0.338 e. The highest BCUT2D eigenvalue weighted by Crippen LogP contribution is 2.30. The van der Waals surface area contributed by atoms with Gasteiger partial charge in [-0.3, -0.25) is 4.79 Å². The van der Waals surface area contributed by atoms with Gasteiger partial charge in [0.2, 0.25) is 0 Å². The molecule has 2 amide bonds. The van der Waals surface area contributed by atoms with E-state index < -0.39 is 24.0 Å². The second-order valence-corrected chi connectivity index (χ2v) is 6.95. The number of thiophene rings is 1. The van der Waals surface area contributed by atoms with E-state index in [4.69, 9.17) is 9.47 Å². The van der Waals surface area contributed by atoms with Crippen LogP contribution in [0.4, 0.5) is 4.79 Å². The number of carbonyl (C=O) groups is 4. The minimum Gasteiger partial charge on any atom is -0.463 e. The molecule has 0 fully saturated rings. The number of nitrogens with one attached hydrogen (secondary N) is 2. The number of ether oxygens (including phenoxy) is 2. The summed E-state index contributed by atoms with van der Waals surface area (Å²) in [5.74, 6) is -1.27. The third-order valence-corrected chi connectivity index (χ3v) is 5.04. The van der Waals surface area contributed by atoms with Gasteiger partial charge in [0.15, 0.2) is 0 Å². The van der Waals surface area contributed by atoms with Crippen LogP contribution in [0.1, 0.15) is 38.6 Å². The lowest BCUT2D eigenvalue weighted by molar-refractivity contribution is -0.139. The van der Waals surface area contributed by atoms with E-state index in [-0.39, 0.29) is 30.0 Å². The summed E-state index contributed by atoms with van der Waals surface area (Å²) in [6.07, 6.45) is 0.667. The lowest BCUT2D eigenvalue weighted by atomic mass is 10.0. The van der Waals surface area contributed by atoms with Crippen molar-refractivity contribution in [3.63, 3.8) is 0 Å². The van der Waals surface area contributed by atoms with Crippen LogP contribution in [0.3, 0.4) is 0 Å². The number of carbonyl (C=O) groups excluding carboxylic acids is 4. The van der Waals surface area contributed by atoms with Gasteiger partial charge in [-0.2, -0.15) is 0 Å². The number of hydrogen-bond acceptors (Lipinski definition) is 7. The molecule has 1 atom stereocenters. The molecule has 1 aliphatic heterocycles. The predicted octanol–water partition coefficient (Wildman–Crippen LogP) is 2.59. The minimum absolute atomic E-state index is 0.156. The molecular weight excluding hydrogens is 396 g/mol. The Kier molecular flexibility index (Phi) is 6.40. The first kappa shape index (κ1) is 20.3. The summed E-state index contributed by atoms with van der Waals surface area (Å²) in [5, 5.41) is 7.06. The van der Waals surface area contributed by atoms with Crippen molar-refractivity contribution in [2.45, 2.75) is 13.0 Å². The zero-order chi connectivity index (χ0) is 20.8. The first-order valence-electron chi connectivity index (χ1n) is 8.77. The molecule has 150 valence electrons. The lowest BCUT2D eigenvalue weighted by Gasteiger charge is -2.28. The molecule has 0 saturated carbocycles. The number of esters is 2. The molecule has 8 nitrogen and oxygen atoms in total. The van der Waals surface area contributed by atoms with Gasteiger partial charge in [0.1, 0.15) is 12.9 Å². The summed E-state index contributed by atoms with van der Waals surface area (Å²) in [7, 11) is 0. The van der Waals surface area contributed by atoms with Gasteiger partial charge in [-0.1, -0.05) is 18.2 Å². The number of benzene rings is 1. The fourth-order valence-electron chi connectivity index (χ4n) is 2.77. The summed E-state index contributed by atoms with van der Waals surface area (Å²) in [6.45, 7) is 1.51. The van der Waals surface area contributed by atoms with Gasteiger partial charge in [-0.15, -0.1) is 11.3 Å². The molecule has 29 heavy (non-hydrogen) atoms. The second-order valence-electron chi connectivity index (χ2n) is 5.98. The van der Waals surface area contributed by atoms with E-state index in [1.807, 2.05) is 5.38 Å². The van der Waals surface area contributed by atoms with Gasteiger partial charge in [0, 0.05) is 10.4 Å². The molecule has 2 aromatic rings. The fraction of sp³-hybridized carbons (Fsp3) is 0.200. The van der Waals surface area contributed by atoms with Gasteiger partial charge in [0.05, 0.1) is 29.5 Å². The Balaban J connectivity index is 1.86. The van der Waals surface area contributed by atoms with E-state index in [1.54, 1.807) is 19.1 Å². The molecule has 0 radical (unpaired) electrons. The summed E-state index contributed by atoms with van der Waals surface area (Å²) in [6, 6.07) is 8.28. The van der Waals surface area contributed by atoms with Gasteiger partial charge in [0.25, 0.3) is 0 Å². The van der Waals surface area contributed by atoms with Crippen LogP contribution < -0.4 is 10.6 Å². The van der Waals surface area contributed by atoms with Crippen LogP contribution in [0.15, 0.2) is 53.0 Å². The van der Waals surface area contributed by atoms with E-state index in [1.165, 1.54) is 35.6 Å². The van der Waals surface area contributed by atoms with Crippen LogP contribution in [0.25, 0.3) is 0 Å². The summed E-state index contributed by atoms with van der Waals surface area (Å²) < 4.78 is 10.4. The molecule has 2 N–H and O–H groups in total. The molecule has 0 bridgehead atoms. The van der Waals surface area contributed by atoms with Crippen LogP contribution in [0, 0.1) is 0 Å². The molecule has 0 unspecified atom stereocenters. The van der Waals surface area contributed by atoms with Crippen LogP contribution >= 0.6 is 11.3 Å². The summed E-state index contributed by atoms with van der Waals surface area (Å²) >= 11 is 1.38. The minimum atomic E-state index is -0.705. The highest BCUT2D eigenvalue weighted by molar-refractivity contribution is 7.10. The van der Waals surface area contributed by atoms with Crippen molar-refractivity contribution in [3.05, 3.63) is 69.1 Å². The lowest BCUT2D eigenvalue weighted by Crippen LogP contribution is -2.46. The van der Waals surface area contributed by atoms with E-state index in [0.29, 0.717) is 11.8 Å². The smallest absolute Gasteiger partial charge is 0.338 e. The van der Waals surface area contributed by atoms with Crippen LogP contribution in [-0.4, -0.2) is 37.5 Å². The summed E-state index contributed by atoms with van der Waals surface area (Å²) in [5.41, 5.74) is 1.00. The number of urea groups is 1. The first-order valence-corrected chi connectivity index (χ1v) is 9.65. The third kappa shape index (κ3) is 4.69. The highest BCUT2D eigenvalue weighted by atomic mass is 32.1. The SMILES string of the molecule is CCOC(=O)C1=C(COC(=O)c2ccc(C=O)cc2)NC(=O)N[C@H]1c1cccs1. The topological polar surface area (TPSA) is 111 Å². The van der Waals surface area contributed by atoms with Gasteiger partial charge in [-0.05, 0) is 30.5 Å². The molecule has 0 aliphatic carbocycles. The third-order valence-electron chi connectivity index (χ3n) is 4.11. The number of hydrogen-bond donors (Lipinski definition) is 2. The first-order chi connectivity index (χ1) is 14.0. The Morgan fingerprint density at radius 3 is 2.52 bits per heavy atom. The zero-order valence-electron chi connectivity index (χ0n) is 15.5. The van der Waals surface area contributed by atoms with Crippen molar-refractivity contribution < 1.29 is 28.7 Å². The molecule has 9 heteroatoms. The Labute approximate surface area is 170 Å². The number of rotatable bonds is 7. The van der Waals surface area contributed by atoms with Gasteiger partial charge in [-0.25, -0.2) is 14.4 Å². The second kappa shape index (κ2) is 9.16. The van der Waals surface area contributed by atoms with E-state index in [0.717, 1.165) is 4.88 Å². The predicted molar refractivity (Wildman–Crippen MR) is 104 cm³/mol. The zero-order valence-corrected chi connectivity index (χ0v) is 16.3. The molecule has 2 heterocycles. The molecule has 1 aromatic carbocycles. The molecular formula is C20H18N2O6S. The normalized spacial score (nSPS) is 15.9. The molecule has 1 aliphatic rings. The van der Waals surface area contributed by atoms with Crippen LogP contribution in [0.2, 0.25) is 0 Å². The molecule has 0 saturated heterocycles. The van der Waals surface area contributed by atoms with Gasteiger partial charge < -0.3 is 20.1 Å². The standard InChI is InChI=1S/C20H18N2O6S/c1-2-27-19(25)16-14(21-20(26)22-17(16)15-4-3-9-29-15)11-28-18(24)13-7-5-12(10-23)6-8-13/h3-10,17H,2,11H2,1H3,(H2,21,22,26)/t17-/m0/s1. The van der Waals surface area contributed by atoms with Crippen molar-refractivity contribution >= 4 is 35.6 Å². The number of aldehydes is 1. The average molecular weight is 414 g/mol. The summed E-state index contributed by atoms with van der Waals surface area (Å²) in [4.78, 5) is 48.5.